The predicted octanol–water partition coefficient (Wildman–Crippen LogP) is 2.99. The van der Waals surface area contributed by atoms with E-state index in [1.807, 2.05) is 49.9 Å². The molecule has 0 radical (unpaired) electrons. The highest BCUT2D eigenvalue weighted by Gasteiger charge is 2.18. The molecule has 1 N–H and O–H groups in total. The fourth-order valence-corrected chi connectivity index (χ4v) is 2.82. The Bertz CT molecular complexity index is 455. The Morgan fingerprint density at radius 2 is 1.75 bits per heavy atom. The van der Waals surface area contributed by atoms with Crippen LogP contribution in [0.3, 0.4) is 0 Å². The van der Waals surface area contributed by atoms with Gasteiger partial charge in [0, 0.05) is 30.6 Å². The predicted molar refractivity (Wildman–Crippen MR) is 84.0 cm³/mol. The Balaban J connectivity index is 2.64. The van der Waals surface area contributed by atoms with Gasteiger partial charge in [-0.1, -0.05) is 0 Å². The molecule has 4 nitrogen and oxygen atoms in total. The smallest absolute Gasteiger partial charge is 0.235 e. The lowest BCUT2D eigenvalue weighted by atomic mass is 10.3. The molecule has 1 aromatic rings. The van der Waals surface area contributed by atoms with E-state index >= 15 is 0 Å². The molecule has 0 saturated carbocycles. The van der Waals surface area contributed by atoms with Gasteiger partial charge in [-0.05, 0) is 45.0 Å². The summed E-state index contributed by atoms with van der Waals surface area (Å²) in [4.78, 5) is 26.0. The molecule has 0 saturated heterocycles. The lowest BCUT2D eigenvalue weighted by Gasteiger charge is -2.22. The third kappa shape index (κ3) is 4.89. The normalized spacial score (nSPS) is 11.8. The van der Waals surface area contributed by atoms with Gasteiger partial charge in [-0.25, -0.2) is 0 Å². The first-order valence-electron chi connectivity index (χ1n) is 6.81. The summed E-state index contributed by atoms with van der Waals surface area (Å²) in [5, 5.41) is 2.61. The van der Waals surface area contributed by atoms with E-state index in [1.54, 1.807) is 0 Å². The number of hydrogen-bond donors (Lipinski definition) is 1. The van der Waals surface area contributed by atoms with Crippen LogP contribution in [0, 0.1) is 0 Å². The van der Waals surface area contributed by atoms with Crippen molar-refractivity contribution >= 4 is 29.3 Å². The standard InChI is InChI=1S/C15H22N2O2S/c1-5-17(6-2)15(19)11(3)20-14-9-7-13(8-10-14)16-12(4)18/h7-11H,5-6H2,1-4H3,(H,16,18). The van der Waals surface area contributed by atoms with Gasteiger partial charge in [0.25, 0.3) is 0 Å². The number of thioether (sulfide) groups is 1. The number of carbonyl (C=O) groups is 2. The molecule has 0 aliphatic rings. The van der Waals surface area contributed by atoms with E-state index in [4.69, 9.17) is 0 Å². The molecule has 2 amide bonds. The van der Waals surface area contributed by atoms with Gasteiger partial charge < -0.3 is 10.2 Å². The van der Waals surface area contributed by atoms with E-state index in [9.17, 15) is 9.59 Å². The molecule has 0 aliphatic heterocycles. The largest absolute Gasteiger partial charge is 0.342 e. The average molecular weight is 294 g/mol. The molecule has 0 heterocycles. The lowest BCUT2D eigenvalue weighted by molar-refractivity contribution is -0.129. The Hall–Kier alpha value is -1.49. The monoisotopic (exact) mass is 294 g/mol. The van der Waals surface area contributed by atoms with Crippen LogP contribution < -0.4 is 5.32 Å². The molecule has 0 bridgehead atoms. The quantitative estimate of drug-likeness (QED) is 0.821. The molecule has 1 unspecified atom stereocenters. The number of benzene rings is 1. The Morgan fingerprint density at radius 3 is 2.20 bits per heavy atom. The summed E-state index contributed by atoms with van der Waals surface area (Å²) in [6.45, 7) is 8.85. The minimum absolute atomic E-state index is 0.0875. The van der Waals surface area contributed by atoms with Crippen molar-refractivity contribution in [2.24, 2.45) is 0 Å². The van der Waals surface area contributed by atoms with Crippen LogP contribution in [0.15, 0.2) is 29.2 Å². The van der Waals surface area contributed by atoms with E-state index < -0.39 is 0 Å². The summed E-state index contributed by atoms with van der Waals surface area (Å²) >= 11 is 1.53. The van der Waals surface area contributed by atoms with Gasteiger partial charge in [-0.3, -0.25) is 9.59 Å². The highest BCUT2D eigenvalue weighted by atomic mass is 32.2. The first-order valence-corrected chi connectivity index (χ1v) is 7.69. The number of rotatable bonds is 6. The van der Waals surface area contributed by atoms with Crippen molar-refractivity contribution in [3.05, 3.63) is 24.3 Å². The summed E-state index contributed by atoms with van der Waals surface area (Å²) in [6.07, 6.45) is 0. The number of amides is 2. The summed E-state index contributed by atoms with van der Waals surface area (Å²) in [6, 6.07) is 7.53. The summed E-state index contributed by atoms with van der Waals surface area (Å²) in [5.41, 5.74) is 0.768. The van der Waals surface area contributed by atoms with Gasteiger partial charge >= 0.3 is 0 Å². The molecule has 5 heteroatoms. The maximum Gasteiger partial charge on any atom is 0.235 e. The van der Waals surface area contributed by atoms with Crippen molar-refractivity contribution in [3.63, 3.8) is 0 Å². The number of nitrogens with zero attached hydrogens (tertiary/aromatic N) is 1. The number of carbonyl (C=O) groups excluding carboxylic acids is 2. The summed E-state index contributed by atoms with van der Waals surface area (Å²) in [7, 11) is 0. The van der Waals surface area contributed by atoms with Gasteiger partial charge in [0.1, 0.15) is 0 Å². The Morgan fingerprint density at radius 1 is 1.20 bits per heavy atom. The van der Waals surface area contributed by atoms with Crippen LogP contribution in [-0.4, -0.2) is 35.1 Å². The first-order chi connectivity index (χ1) is 9.47. The molecule has 20 heavy (non-hydrogen) atoms. The number of hydrogen-bond acceptors (Lipinski definition) is 3. The van der Waals surface area contributed by atoms with E-state index in [0.29, 0.717) is 0 Å². The third-order valence-electron chi connectivity index (χ3n) is 2.91. The zero-order valence-electron chi connectivity index (χ0n) is 12.5. The molecular formula is C15H22N2O2S. The molecule has 110 valence electrons. The lowest BCUT2D eigenvalue weighted by Crippen LogP contribution is -2.36. The second-order valence-corrected chi connectivity index (χ2v) is 5.89. The third-order valence-corrected chi connectivity index (χ3v) is 4.01. The van der Waals surface area contributed by atoms with Crippen molar-refractivity contribution in [2.45, 2.75) is 37.8 Å². The van der Waals surface area contributed by atoms with E-state index in [-0.39, 0.29) is 17.1 Å². The van der Waals surface area contributed by atoms with Crippen LogP contribution in [0.2, 0.25) is 0 Å². The van der Waals surface area contributed by atoms with Crippen LogP contribution in [0.25, 0.3) is 0 Å². The van der Waals surface area contributed by atoms with Crippen LogP contribution in [0.1, 0.15) is 27.7 Å². The highest BCUT2D eigenvalue weighted by Crippen LogP contribution is 2.25. The van der Waals surface area contributed by atoms with E-state index in [2.05, 4.69) is 5.32 Å². The minimum atomic E-state index is -0.110. The SMILES string of the molecule is CCN(CC)C(=O)C(C)Sc1ccc(NC(C)=O)cc1. The first kappa shape index (κ1) is 16.6. The van der Waals surface area contributed by atoms with Crippen LogP contribution in [0.4, 0.5) is 5.69 Å². The van der Waals surface area contributed by atoms with E-state index in [0.717, 1.165) is 23.7 Å². The van der Waals surface area contributed by atoms with Gasteiger partial charge in [0.2, 0.25) is 11.8 Å². The highest BCUT2D eigenvalue weighted by molar-refractivity contribution is 8.00. The van der Waals surface area contributed by atoms with Crippen molar-refractivity contribution in [1.82, 2.24) is 4.90 Å². The van der Waals surface area contributed by atoms with Gasteiger partial charge in [-0.2, -0.15) is 0 Å². The minimum Gasteiger partial charge on any atom is -0.342 e. The topological polar surface area (TPSA) is 49.4 Å². The van der Waals surface area contributed by atoms with Gasteiger partial charge in [0.05, 0.1) is 5.25 Å². The zero-order valence-corrected chi connectivity index (χ0v) is 13.3. The van der Waals surface area contributed by atoms with Crippen LogP contribution >= 0.6 is 11.8 Å². The number of nitrogens with one attached hydrogen (secondary N) is 1. The van der Waals surface area contributed by atoms with Gasteiger partial charge in [-0.15, -0.1) is 11.8 Å². The second kappa shape index (κ2) is 7.94. The molecule has 0 spiro atoms. The summed E-state index contributed by atoms with van der Waals surface area (Å²) < 4.78 is 0. The molecular weight excluding hydrogens is 272 g/mol. The maximum atomic E-state index is 12.2. The maximum absolute atomic E-state index is 12.2. The Kier molecular flexibility index (Phi) is 6.58. The molecule has 0 aliphatic carbocycles. The van der Waals surface area contributed by atoms with Crippen LogP contribution in [0.5, 0.6) is 0 Å². The average Bonchev–Trinajstić information content (AvgIpc) is 2.41. The van der Waals surface area contributed by atoms with Crippen LogP contribution in [-0.2, 0) is 9.59 Å². The molecule has 1 rings (SSSR count). The zero-order chi connectivity index (χ0) is 15.1. The fraction of sp³-hybridized carbons (Fsp3) is 0.467. The van der Waals surface area contributed by atoms with Crippen molar-refractivity contribution in [1.29, 1.82) is 0 Å². The van der Waals surface area contributed by atoms with E-state index in [1.165, 1.54) is 18.7 Å². The van der Waals surface area contributed by atoms with Gasteiger partial charge in [0.15, 0.2) is 0 Å². The molecule has 0 fully saturated rings. The molecule has 1 aromatic carbocycles. The van der Waals surface area contributed by atoms with Crippen molar-refractivity contribution < 1.29 is 9.59 Å². The molecule has 0 aromatic heterocycles. The van der Waals surface area contributed by atoms with Crippen molar-refractivity contribution in [2.75, 3.05) is 18.4 Å². The fourth-order valence-electron chi connectivity index (χ4n) is 1.87. The van der Waals surface area contributed by atoms with Crippen molar-refractivity contribution in [3.8, 4) is 0 Å². The molecule has 1 atom stereocenters. The second-order valence-electron chi connectivity index (χ2n) is 4.48. The Labute approximate surface area is 124 Å². The summed E-state index contributed by atoms with van der Waals surface area (Å²) in [5.74, 6) is 0.0708. The number of anilines is 1.